The molecule has 0 bridgehead atoms. The second-order valence-corrected chi connectivity index (χ2v) is 5.76. The summed E-state index contributed by atoms with van der Waals surface area (Å²) in [6, 6.07) is 1.67. The molecule has 1 radical (unpaired) electrons. The van der Waals surface area contributed by atoms with Crippen LogP contribution in [0.1, 0.15) is 38.5 Å². The Balaban J connectivity index is 0.00000128. The van der Waals surface area contributed by atoms with Gasteiger partial charge in [-0.25, -0.2) is 0 Å². The zero-order valence-electron chi connectivity index (χ0n) is 10.9. The van der Waals surface area contributed by atoms with Gasteiger partial charge >= 0.3 is 0 Å². The molecule has 2 nitrogen and oxygen atoms in total. The van der Waals surface area contributed by atoms with E-state index in [1.165, 1.54) is 51.6 Å². The van der Waals surface area contributed by atoms with E-state index < -0.39 is 0 Å². The van der Waals surface area contributed by atoms with E-state index in [0.29, 0.717) is 5.41 Å². The summed E-state index contributed by atoms with van der Waals surface area (Å²) in [5, 5.41) is 0. The average Bonchev–Trinajstić information content (AvgIpc) is 2.24. The van der Waals surface area contributed by atoms with Gasteiger partial charge in [0.1, 0.15) is 0 Å². The van der Waals surface area contributed by atoms with Crippen molar-refractivity contribution in [2.75, 3.05) is 34.2 Å². The zero-order chi connectivity index (χ0) is 10.9. The summed E-state index contributed by atoms with van der Waals surface area (Å²) in [6.07, 6.45) is 8.44. The van der Waals surface area contributed by atoms with Crippen LogP contribution in [0.4, 0.5) is 0 Å². The van der Waals surface area contributed by atoms with Gasteiger partial charge in [0.05, 0.1) is 0 Å². The first kappa shape index (κ1) is 14.6. The molecule has 97 valence electrons. The van der Waals surface area contributed by atoms with Crippen LogP contribution in [0.5, 0.6) is 0 Å². The van der Waals surface area contributed by atoms with Crippen LogP contribution in [0.25, 0.3) is 0 Å². The molecule has 16 heavy (non-hydrogen) atoms. The van der Waals surface area contributed by atoms with Crippen LogP contribution in [0, 0.1) is 11.5 Å². The molecule has 2 fully saturated rings. The van der Waals surface area contributed by atoms with Gasteiger partial charge in [0.2, 0.25) is 0 Å². The number of rotatable bonds is 1. The van der Waals surface area contributed by atoms with Crippen LogP contribution in [0.2, 0.25) is 0 Å². The van der Waals surface area contributed by atoms with Gasteiger partial charge in [-0.3, -0.25) is 6.04 Å². The van der Waals surface area contributed by atoms with Crippen molar-refractivity contribution in [3.8, 4) is 0 Å². The largest absolute Gasteiger partial charge is 0.459 e. The Morgan fingerprint density at radius 1 is 1.00 bits per heavy atom. The topological polar surface area (TPSA) is 6.48 Å². The van der Waals surface area contributed by atoms with Crippen molar-refractivity contribution in [3.63, 3.8) is 0 Å². The average molecular weight is 312 g/mol. The first-order valence-corrected chi connectivity index (χ1v) is 6.32. The maximum atomic E-state index is 2.48. The van der Waals surface area contributed by atoms with Crippen molar-refractivity contribution >= 4 is 0 Å². The van der Waals surface area contributed by atoms with Crippen molar-refractivity contribution < 1.29 is 19.5 Å². The predicted molar refractivity (Wildman–Crippen MR) is 64.6 cm³/mol. The minimum absolute atomic E-state index is 0. The van der Waals surface area contributed by atoms with Crippen LogP contribution in [-0.4, -0.2) is 44.0 Å². The minimum Gasteiger partial charge on any atom is -0.459 e. The van der Waals surface area contributed by atoms with Crippen LogP contribution in [-0.2, 0) is 19.5 Å². The second-order valence-electron chi connectivity index (χ2n) is 5.76. The third-order valence-corrected chi connectivity index (χ3v) is 4.57. The van der Waals surface area contributed by atoms with Crippen molar-refractivity contribution in [3.05, 3.63) is 6.04 Å². The number of piperidine rings is 1. The molecule has 1 saturated heterocycles. The molecular weight excluding hydrogens is 287 g/mol. The number of hydrogen-bond donors (Lipinski definition) is 0. The number of nitrogens with zero attached hydrogens (tertiary/aromatic N) is 2. The molecule has 0 aromatic carbocycles. The SMILES string of the molecule is CN1CCC2(CC[C-](N(C)C)CC2)CC1.[Rh]. The molecule has 3 heteroatoms. The first-order valence-electron chi connectivity index (χ1n) is 6.32. The van der Waals surface area contributed by atoms with Crippen LogP contribution in [0.3, 0.4) is 0 Å². The van der Waals surface area contributed by atoms with Crippen molar-refractivity contribution in [1.29, 1.82) is 0 Å². The van der Waals surface area contributed by atoms with Crippen molar-refractivity contribution in [1.82, 2.24) is 9.80 Å². The van der Waals surface area contributed by atoms with Gasteiger partial charge < -0.3 is 9.80 Å². The first-order chi connectivity index (χ1) is 7.11. The van der Waals surface area contributed by atoms with Gasteiger partial charge in [-0.2, -0.15) is 12.8 Å². The van der Waals surface area contributed by atoms with E-state index in [0.717, 1.165) is 0 Å². The molecule has 0 unspecified atom stereocenters. The molecule has 0 aromatic heterocycles. The fourth-order valence-corrected chi connectivity index (χ4v) is 3.11. The third kappa shape index (κ3) is 3.27. The zero-order valence-corrected chi connectivity index (χ0v) is 12.5. The summed E-state index contributed by atoms with van der Waals surface area (Å²) in [5.74, 6) is 0. The van der Waals surface area contributed by atoms with Gasteiger partial charge in [-0.15, -0.1) is 0 Å². The Kier molecular flexibility index (Phi) is 5.41. The van der Waals surface area contributed by atoms with Gasteiger partial charge in [-0.1, -0.05) is 12.8 Å². The molecule has 0 aromatic rings. The molecule has 2 aliphatic rings. The van der Waals surface area contributed by atoms with Crippen LogP contribution < -0.4 is 0 Å². The molecule has 0 N–H and O–H groups in total. The molecular formula is C13H25N2Rh-. The van der Waals surface area contributed by atoms with E-state index in [4.69, 9.17) is 0 Å². The molecule has 0 atom stereocenters. The minimum atomic E-state index is 0. The maximum Gasteiger partial charge on any atom is 0 e. The van der Waals surface area contributed by atoms with Gasteiger partial charge in [-0.05, 0) is 52.5 Å². The summed E-state index contributed by atoms with van der Waals surface area (Å²) in [4.78, 5) is 4.82. The second kappa shape index (κ2) is 5.93. The Hall–Kier alpha value is 0.543. The van der Waals surface area contributed by atoms with Gasteiger partial charge in [0, 0.05) is 19.5 Å². The van der Waals surface area contributed by atoms with Crippen molar-refractivity contribution in [2.45, 2.75) is 38.5 Å². The van der Waals surface area contributed by atoms with Gasteiger partial charge in [0.15, 0.2) is 0 Å². The Bertz CT molecular complexity index is 200. The third-order valence-electron chi connectivity index (χ3n) is 4.57. The van der Waals surface area contributed by atoms with Crippen LogP contribution in [0.15, 0.2) is 0 Å². The summed E-state index contributed by atoms with van der Waals surface area (Å²) in [5.41, 5.74) is 0.714. The fourth-order valence-electron chi connectivity index (χ4n) is 3.11. The quantitative estimate of drug-likeness (QED) is 0.542. The van der Waals surface area contributed by atoms with Crippen LogP contribution >= 0.6 is 0 Å². The summed E-state index contributed by atoms with van der Waals surface area (Å²) in [6.45, 7) is 2.63. The summed E-state index contributed by atoms with van der Waals surface area (Å²) in [7, 11) is 6.65. The van der Waals surface area contributed by atoms with Gasteiger partial charge in [0.25, 0.3) is 0 Å². The van der Waals surface area contributed by atoms with Crippen molar-refractivity contribution in [2.24, 2.45) is 5.41 Å². The number of hydrogen-bond acceptors (Lipinski definition) is 2. The molecule has 1 spiro atoms. The fraction of sp³-hybridized carbons (Fsp3) is 0.923. The Morgan fingerprint density at radius 3 is 1.94 bits per heavy atom. The molecule has 1 aliphatic carbocycles. The smallest absolute Gasteiger partial charge is 0 e. The van der Waals surface area contributed by atoms with E-state index in [2.05, 4.69) is 30.9 Å². The normalized spacial score (nSPS) is 27.0. The standard InChI is InChI=1S/C13H25N2.Rh/c1-14(2)12-4-6-13(7-5-12)8-10-15(3)11-9-13;/h4-11H2,1-3H3;/q-1;. The summed E-state index contributed by atoms with van der Waals surface area (Å²) >= 11 is 0. The van der Waals surface area contributed by atoms with E-state index in [1.54, 1.807) is 6.04 Å². The van der Waals surface area contributed by atoms with E-state index in [-0.39, 0.29) is 19.5 Å². The molecule has 2 rings (SSSR count). The molecule has 1 saturated carbocycles. The molecule has 1 aliphatic heterocycles. The summed E-state index contributed by atoms with van der Waals surface area (Å²) < 4.78 is 0. The monoisotopic (exact) mass is 312 g/mol. The van der Waals surface area contributed by atoms with E-state index >= 15 is 0 Å². The van der Waals surface area contributed by atoms with E-state index in [1.807, 2.05) is 0 Å². The molecule has 0 amide bonds. The Morgan fingerprint density at radius 2 is 1.50 bits per heavy atom. The molecule has 1 heterocycles. The Labute approximate surface area is 114 Å². The van der Waals surface area contributed by atoms with E-state index in [9.17, 15) is 0 Å². The number of likely N-dealkylation sites (tertiary alicyclic amines) is 1. The predicted octanol–water partition coefficient (Wildman–Crippen LogP) is 2.36. The maximum absolute atomic E-state index is 2.48.